The lowest BCUT2D eigenvalue weighted by molar-refractivity contribution is -0.0207. The first-order chi connectivity index (χ1) is 15.1. The molecule has 0 spiro atoms. The molecule has 1 fully saturated rings. The summed E-state index contributed by atoms with van der Waals surface area (Å²) in [7, 11) is -4.02. The summed E-state index contributed by atoms with van der Waals surface area (Å²) < 4.78 is 64.2. The summed E-state index contributed by atoms with van der Waals surface area (Å²) in [5, 5.41) is 13.3. The van der Waals surface area contributed by atoms with E-state index in [1.165, 1.54) is 36.9 Å². The summed E-state index contributed by atoms with van der Waals surface area (Å²) >= 11 is 0. The van der Waals surface area contributed by atoms with Gasteiger partial charge in [0.15, 0.2) is 0 Å². The summed E-state index contributed by atoms with van der Waals surface area (Å²) in [6.45, 7) is 2.38. The lowest BCUT2D eigenvalue weighted by atomic mass is 9.87. The number of hydrogen-bond donors (Lipinski definition) is 2. The van der Waals surface area contributed by atoms with Crippen LogP contribution in [0.2, 0.25) is 0 Å². The number of aromatic nitrogens is 3. The monoisotopic (exact) mass is 467 g/mol. The number of benzene rings is 2. The van der Waals surface area contributed by atoms with Gasteiger partial charge in [0.25, 0.3) is 10.1 Å². The first-order valence-corrected chi connectivity index (χ1v) is 11.1. The van der Waals surface area contributed by atoms with Crippen molar-refractivity contribution in [2.45, 2.75) is 30.4 Å². The minimum atomic E-state index is -4.02. The average molecular weight is 467 g/mol. The van der Waals surface area contributed by atoms with Crippen molar-refractivity contribution in [3.8, 4) is 0 Å². The molecule has 2 heterocycles. The molecule has 1 aromatic heterocycles. The average Bonchev–Trinajstić information content (AvgIpc) is 3.39. The van der Waals surface area contributed by atoms with Crippen LogP contribution in [0.4, 0.5) is 8.78 Å². The van der Waals surface area contributed by atoms with Crippen LogP contribution in [0.25, 0.3) is 0 Å². The van der Waals surface area contributed by atoms with Gasteiger partial charge in [-0.05, 0) is 31.5 Å². The summed E-state index contributed by atoms with van der Waals surface area (Å²) in [5.74, 6) is -1.38. The molecule has 3 aromatic rings. The van der Waals surface area contributed by atoms with Crippen LogP contribution in [-0.2, 0) is 27.0 Å². The fraction of sp³-hybridized carbons (Fsp3) is 0.333. The van der Waals surface area contributed by atoms with E-state index in [9.17, 15) is 22.3 Å². The summed E-state index contributed by atoms with van der Waals surface area (Å²) in [6, 6.07) is 9.42. The molecule has 2 atom stereocenters. The molecule has 0 radical (unpaired) electrons. The van der Waals surface area contributed by atoms with E-state index in [1.54, 1.807) is 16.8 Å². The van der Waals surface area contributed by atoms with Crippen molar-refractivity contribution in [3.05, 3.63) is 77.9 Å². The Kier molecular flexibility index (Phi) is 7.34. The van der Waals surface area contributed by atoms with Gasteiger partial charge in [-0.3, -0.25) is 4.55 Å². The second-order valence-corrected chi connectivity index (χ2v) is 8.98. The molecule has 1 aliphatic rings. The van der Waals surface area contributed by atoms with Crippen molar-refractivity contribution >= 4 is 10.1 Å². The normalized spacial score (nSPS) is 20.6. The first kappa shape index (κ1) is 23.9. The molecule has 4 rings (SSSR count). The SMILES string of the molecule is Cc1ccc(S(=O)(=O)O)cc1.OCC1COC(Cn2cncn2)(c2ccc(F)cc2F)C1. The summed E-state index contributed by atoms with van der Waals surface area (Å²) in [6.07, 6.45) is 3.33. The minimum absolute atomic E-state index is 0.0398. The van der Waals surface area contributed by atoms with Gasteiger partial charge >= 0.3 is 0 Å². The van der Waals surface area contributed by atoms with Crippen LogP contribution in [-0.4, -0.2) is 46.1 Å². The van der Waals surface area contributed by atoms with Gasteiger partial charge in [-0.15, -0.1) is 0 Å². The van der Waals surface area contributed by atoms with Crippen LogP contribution in [0, 0.1) is 24.5 Å². The van der Waals surface area contributed by atoms with E-state index in [2.05, 4.69) is 10.1 Å². The predicted molar refractivity (Wildman–Crippen MR) is 110 cm³/mol. The second kappa shape index (κ2) is 9.82. The van der Waals surface area contributed by atoms with E-state index < -0.39 is 27.4 Å². The molecular weight excluding hydrogens is 444 g/mol. The minimum Gasteiger partial charge on any atom is -0.396 e. The van der Waals surface area contributed by atoms with Gasteiger partial charge in [-0.1, -0.05) is 23.8 Å². The van der Waals surface area contributed by atoms with Crippen molar-refractivity contribution in [2.75, 3.05) is 13.2 Å². The molecule has 32 heavy (non-hydrogen) atoms. The molecule has 1 saturated heterocycles. The zero-order chi connectivity index (χ0) is 23.4. The van der Waals surface area contributed by atoms with Crippen LogP contribution in [0.5, 0.6) is 0 Å². The number of ether oxygens (including phenoxy) is 1. The van der Waals surface area contributed by atoms with Crippen LogP contribution in [0.3, 0.4) is 0 Å². The third-order valence-electron chi connectivity index (χ3n) is 5.10. The highest BCUT2D eigenvalue weighted by atomic mass is 32.2. The largest absolute Gasteiger partial charge is 0.396 e. The van der Waals surface area contributed by atoms with Crippen LogP contribution in [0.1, 0.15) is 17.5 Å². The Balaban J connectivity index is 0.000000222. The maximum atomic E-state index is 14.2. The first-order valence-electron chi connectivity index (χ1n) is 9.70. The Hall–Kier alpha value is -2.73. The molecular formula is C21H23F2N3O5S. The number of aliphatic hydroxyl groups is 1. The number of aliphatic hydroxyl groups excluding tert-OH is 1. The quantitative estimate of drug-likeness (QED) is 0.555. The van der Waals surface area contributed by atoms with Crippen molar-refractivity contribution in [1.29, 1.82) is 0 Å². The smallest absolute Gasteiger partial charge is 0.294 e. The van der Waals surface area contributed by atoms with Crippen molar-refractivity contribution in [1.82, 2.24) is 14.8 Å². The molecule has 2 N–H and O–H groups in total. The fourth-order valence-electron chi connectivity index (χ4n) is 3.51. The zero-order valence-electron chi connectivity index (χ0n) is 17.2. The van der Waals surface area contributed by atoms with Gasteiger partial charge in [0.05, 0.1) is 18.0 Å². The molecule has 0 aliphatic carbocycles. The van der Waals surface area contributed by atoms with Crippen LogP contribution in [0.15, 0.2) is 60.0 Å². The topological polar surface area (TPSA) is 115 Å². The number of aryl methyl sites for hydroxylation is 1. The van der Waals surface area contributed by atoms with E-state index in [4.69, 9.17) is 9.29 Å². The van der Waals surface area contributed by atoms with E-state index >= 15 is 0 Å². The third kappa shape index (κ3) is 5.74. The second-order valence-electron chi connectivity index (χ2n) is 7.56. The molecule has 2 aromatic carbocycles. The van der Waals surface area contributed by atoms with E-state index in [-0.39, 0.29) is 29.5 Å². The van der Waals surface area contributed by atoms with Gasteiger partial charge in [-0.2, -0.15) is 13.5 Å². The Labute approximate surface area is 184 Å². The van der Waals surface area contributed by atoms with Crippen molar-refractivity contribution < 1.29 is 31.6 Å². The van der Waals surface area contributed by atoms with Crippen molar-refractivity contribution in [3.63, 3.8) is 0 Å². The van der Waals surface area contributed by atoms with Gasteiger partial charge in [-0.25, -0.2) is 18.4 Å². The number of hydrogen-bond acceptors (Lipinski definition) is 6. The van der Waals surface area contributed by atoms with Gasteiger partial charge in [0, 0.05) is 24.2 Å². The lowest BCUT2D eigenvalue weighted by Gasteiger charge is -2.29. The zero-order valence-corrected chi connectivity index (χ0v) is 18.0. The molecule has 172 valence electrons. The maximum absolute atomic E-state index is 14.2. The molecule has 0 amide bonds. The molecule has 11 heteroatoms. The molecule has 2 unspecified atom stereocenters. The number of halogens is 2. The molecule has 1 aliphatic heterocycles. The predicted octanol–water partition coefficient (Wildman–Crippen LogP) is 2.72. The van der Waals surface area contributed by atoms with Crippen LogP contribution < -0.4 is 0 Å². The van der Waals surface area contributed by atoms with Gasteiger partial charge < -0.3 is 9.84 Å². The molecule has 0 saturated carbocycles. The Morgan fingerprint density at radius 3 is 2.47 bits per heavy atom. The molecule has 8 nitrogen and oxygen atoms in total. The van der Waals surface area contributed by atoms with Gasteiger partial charge in [0.1, 0.15) is 29.9 Å². The van der Waals surface area contributed by atoms with E-state index in [0.29, 0.717) is 13.0 Å². The highest BCUT2D eigenvalue weighted by molar-refractivity contribution is 7.85. The number of rotatable bonds is 5. The lowest BCUT2D eigenvalue weighted by Crippen LogP contribution is -2.32. The Bertz CT molecular complexity index is 1140. The Morgan fingerprint density at radius 1 is 1.22 bits per heavy atom. The van der Waals surface area contributed by atoms with Crippen LogP contribution >= 0.6 is 0 Å². The van der Waals surface area contributed by atoms with E-state index in [1.807, 2.05) is 6.92 Å². The standard InChI is InChI=1S/C14H15F2N3O2.C7H8O3S/c15-11-1-2-12(13(16)3-11)14(4-10(5-20)6-21-14)7-19-9-17-8-18-19;1-6-2-4-7(5-3-6)11(8,9)10/h1-3,8-10,20H,4-7H2;2-5H,1H3,(H,8,9,10). The highest BCUT2D eigenvalue weighted by Gasteiger charge is 2.44. The molecule has 0 bridgehead atoms. The van der Waals surface area contributed by atoms with E-state index in [0.717, 1.165) is 11.6 Å². The summed E-state index contributed by atoms with van der Waals surface area (Å²) in [5.41, 5.74) is 0.256. The number of nitrogens with zero attached hydrogens (tertiary/aromatic N) is 3. The van der Waals surface area contributed by atoms with Gasteiger partial charge in [0.2, 0.25) is 0 Å². The Morgan fingerprint density at radius 2 is 1.94 bits per heavy atom. The third-order valence-corrected chi connectivity index (χ3v) is 5.96. The maximum Gasteiger partial charge on any atom is 0.294 e. The summed E-state index contributed by atoms with van der Waals surface area (Å²) in [4.78, 5) is 3.79. The highest BCUT2D eigenvalue weighted by Crippen LogP contribution is 2.41. The van der Waals surface area contributed by atoms with Crippen molar-refractivity contribution in [2.24, 2.45) is 5.92 Å². The fourth-order valence-corrected chi connectivity index (χ4v) is 3.99.